The molecule has 0 aromatic carbocycles. The largest absolute Gasteiger partial charge is 0.467 e. The first-order valence-electron chi connectivity index (χ1n) is 9.17. The summed E-state index contributed by atoms with van der Waals surface area (Å²) in [4.78, 5) is 36.7. The van der Waals surface area contributed by atoms with Crippen LogP contribution in [0, 0.1) is 11.3 Å². The molecule has 1 aliphatic heterocycles. The van der Waals surface area contributed by atoms with E-state index < -0.39 is 12.0 Å². The average molecular weight is 336 g/mol. The standard InChI is InChI=1S/C18H28N2O4/c1-24-17(23)13(9-12-5-2-3-6-15(12)21)20-16(22)14-10-18(11-19-14)7-4-8-18/h12-14,19H,2-11H2,1H3,(H,20,22)/t12-,13-,14?/m0/s1. The van der Waals surface area contributed by atoms with E-state index in [1.807, 2.05) is 0 Å². The highest BCUT2D eigenvalue weighted by molar-refractivity contribution is 5.89. The molecule has 6 nitrogen and oxygen atoms in total. The summed E-state index contributed by atoms with van der Waals surface area (Å²) < 4.78 is 4.84. The topological polar surface area (TPSA) is 84.5 Å². The molecule has 1 saturated heterocycles. The number of methoxy groups -OCH3 is 1. The Kier molecular flexibility index (Phi) is 5.23. The minimum Gasteiger partial charge on any atom is -0.467 e. The minimum atomic E-state index is -0.728. The number of carbonyl (C=O) groups excluding carboxylic acids is 3. The third kappa shape index (κ3) is 3.63. The highest BCUT2D eigenvalue weighted by Crippen LogP contribution is 2.47. The molecule has 0 radical (unpaired) electrons. The maximum Gasteiger partial charge on any atom is 0.328 e. The fraction of sp³-hybridized carbons (Fsp3) is 0.833. The van der Waals surface area contributed by atoms with Crippen molar-refractivity contribution in [1.82, 2.24) is 10.6 Å². The van der Waals surface area contributed by atoms with Crippen LogP contribution in [0.4, 0.5) is 0 Å². The Hall–Kier alpha value is -1.43. The summed E-state index contributed by atoms with van der Waals surface area (Å²) >= 11 is 0. The molecule has 0 aromatic heterocycles. The molecule has 0 bridgehead atoms. The number of carbonyl (C=O) groups is 3. The van der Waals surface area contributed by atoms with Crippen LogP contribution in [0.1, 0.15) is 57.8 Å². The quantitative estimate of drug-likeness (QED) is 0.740. The van der Waals surface area contributed by atoms with E-state index in [4.69, 9.17) is 4.74 Å². The zero-order valence-corrected chi connectivity index (χ0v) is 14.4. The third-order valence-corrected chi connectivity index (χ3v) is 6.09. The molecule has 24 heavy (non-hydrogen) atoms. The first-order valence-corrected chi connectivity index (χ1v) is 9.17. The zero-order valence-electron chi connectivity index (χ0n) is 14.4. The maximum atomic E-state index is 12.6. The van der Waals surface area contributed by atoms with Crippen LogP contribution in [-0.2, 0) is 19.1 Å². The highest BCUT2D eigenvalue weighted by atomic mass is 16.5. The van der Waals surface area contributed by atoms with Crippen molar-refractivity contribution in [2.45, 2.75) is 69.9 Å². The van der Waals surface area contributed by atoms with Crippen molar-refractivity contribution >= 4 is 17.7 Å². The summed E-state index contributed by atoms with van der Waals surface area (Å²) in [6.07, 6.45) is 8.12. The van der Waals surface area contributed by atoms with Gasteiger partial charge in [0, 0.05) is 18.9 Å². The lowest BCUT2D eigenvalue weighted by Gasteiger charge is -2.37. The van der Waals surface area contributed by atoms with Gasteiger partial charge in [0.15, 0.2) is 0 Å². The summed E-state index contributed by atoms with van der Waals surface area (Å²) in [6.45, 7) is 0.884. The number of amides is 1. The van der Waals surface area contributed by atoms with E-state index in [1.165, 1.54) is 26.4 Å². The number of ketones is 1. The molecule has 134 valence electrons. The molecule has 1 heterocycles. The van der Waals surface area contributed by atoms with Crippen LogP contribution >= 0.6 is 0 Å². The Morgan fingerprint density at radius 2 is 2.12 bits per heavy atom. The summed E-state index contributed by atoms with van der Waals surface area (Å²) in [7, 11) is 1.32. The van der Waals surface area contributed by atoms with E-state index in [9.17, 15) is 14.4 Å². The van der Waals surface area contributed by atoms with E-state index >= 15 is 0 Å². The van der Waals surface area contributed by atoms with Gasteiger partial charge >= 0.3 is 5.97 Å². The second kappa shape index (κ2) is 7.21. The number of Topliss-reactive ketones (excluding diaryl/α,β-unsaturated/α-hetero) is 1. The van der Waals surface area contributed by atoms with Gasteiger partial charge in [-0.3, -0.25) is 9.59 Å². The van der Waals surface area contributed by atoms with Crippen molar-refractivity contribution in [1.29, 1.82) is 0 Å². The van der Waals surface area contributed by atoms with Crippen molar-refractivity contribution < 1.29 is 19.1 Å². The molecule has 3 rings (SSSR count). The number of esters is 1. The summed E-state index contributed by atoms with van der Waals surface area (Å²) in [6, 6.07) is -0.964. The van der Waals surface area contributed by atoms with Gasteiger partial charge in [0.05, 0.1) is 13.2 Å². The molecular formula is C18H28N2O4. The lowest BCUT2D eigenvalue weighted by atomic mass is 9.67. The molecule has 1 amide bonds. The SMILES string of the molecule is COC(=O)[C@H](C[C@@H]1CCCCC1=O)NC(=O)C1CC2(CCC2)CN1. The summed E-state index contributed by atoms with van der Waals surface area (Å²) in [5, 5.41) is 6.13. The van der Waals surface area contributed by atoms with Crippen LogP contribution < -0.4 is 10.6 Å². The number of nitrogens with one attached hydrogen (secondary N) is 2. The van der Waals surface area contributed by atoms with Gasteiger partial charge in [0.2, 0.25) is 5.91 Å². The lowest BCUT2D eigenvalue weighted by molar-refractivity contribution is -0.146. The van der Waals surface area contributed by atoms with E-state index in [2.05, 4.69) is 10.6 Å². The van der Waals surface area contributed by atoms with Crippen LogP contribution in [-0.4, -0.2) is 43.4 Å². The Labute approximate surface area is 143 Å². The fourth-order valence-corrected chi connectivity index (χ4v) is 4.38. The Morgan fingerprint density at radius 1 is 1.33 bits per heavy atom. The van der Waals surface area contributed by atoms with Crippen LogP contribution in [0.2, 0.25) is 0 Å². The Balaban J connectivity index is 1.58. The third-order valence-electron chi connectivity index (χ3n) is 6.09. The van der Waals surface area contributed by atoms with E-state index in [1.54, 1.807) is 0 Å². The second-order valence-corrected chi connectivity index (χ2v) is 7.72. The van der Waals surface area contributed by atoms with Crippen molar-refractivity contribution in [3.8, 4) is 0 Å². The first-order chi connectivity index (χ1) is 11.5. The highest BCUT2D eigenvalue weighted by Gasteiger charge is 2.46. The minimum absolute atomic E-state index is 0.141. The van der Waals surface area contributed by atoms with E-state index in [0.29, 0.717) is 18.3 Å². The molecule has 1 unspecified atom stereocenters. The second-order valence-electron chi connectivity index (χ2n) is 7.72. The molecular weight excluding hydrogens is 308 g/mol. The number of ether oxygens (including phenoxy) is 1. The van der Waals surface area contributed by atoms with Crippen LogP contribution in [0.15, 0.2) is 0 Å². The molecule has 6 heteroatoms. The molecule has 3 aliphatic rings. The van der Waals surface area contributed by atoms with Crippen molar-refractivity contribution in [3.63, 3.8) is 0 Å². The molecule has 1 spiro atoms. The average Bonchev–Trinajstić information content (AvgIpc) is 3.01. The molecule has 3 atom stereocenters. The zero-order chi connectivity index (χ0) is 17.2. The smallest absolute Gasteiger partial charge is 0.328 e. The van der Waals surface area contributed by atoms with Crippen LogP contribution in [0.3, 0.4) is 0 Å². The molecule has 2 saturated carbocycles. The maximum absolute atomic E-state index is 12.6. The fourth-order valence-electron chi connectivity index (χ4n) is 4.38. The number of hydrogen-bond donors (Lipinski definition) is 2. The molecule has 2 aliphatic carbocycles. The summed E-state index contributed by atoms with van der Waals surface area (Å²) in [5.74, 6) is -0.537. The molecule has 2 N–H and O–H groups in total. The predicted octanol–water partition coefficient (Wildman–Crippen LogP) is 1.33. The van der Waals surface area contributed by atoms with Gasteiger partial charge in [0.25, 0.3) is 0 Å². The van der Waals surface area contributed by atoms with Crippen LogP contribution in [0.5, 0.6) is 0 Å². The van der Waals surface area contributed by atoms with Crippen molar-refractivity contribution in [2.75, 3.05) is 13.7 Å². The first kappa shape index (κ1) is 17.4. The van der Waals surface area contributed by atoms with E-state index in [0.717, 1.165) is 32.2 Å². The molecule has 0 aromatic rings. The summed E-state index contributed by atoms with van der Waals surface area (Å²) in [5.41, 5.74) is 0.294. The van der Waals surface area contributed by atoms with Gasteiger partial charge in [-0.15, -0.1) is 0 Å². The van der Waals surface area contributed by atoms with Gasteiger partial charge in [0.1, 0.15) is 11.8 Å². The van der Waals surface area contributed by atoms with Crippen molar-refractivity contribution in [2.24, 2.45) is 11.3 Å². The van der Waals surface area contributed by atoms with Gasteiger partial charge in [-0.2, -0.15) is 0 Å². The number of rotatable bonds is 5. The normalized spacial score (nSPS) is 29.8. The molecule has 3 fully saturated rings. The van der Waals surface area contributed by atoms with Crippen molar-refractivity contribution in [3.05, 3.63) is 0 Å². The number of hydrogen-bond acceptors (Lipinski definition) is 5. The predicted molar refractivity (Wildman–Crippen MR) is 88.2 cm³/mol. The van der Waals surface area contributed by atoms with E-state index in [-0.39, 0.29) is 23.7 Å². The van der Waals surface area contributed by atoms with Gasteiger partial charge < -0.3 is 15.4 Å². The Bertz CT molecular complexity index is 515. The van der Waals surface area contributed by atoms with Gasteiger partial charge in [-0.1, -0.05) is 12.8 Å². The van der Waals surface area contributed by atoms with Gasteiger partial charge in [-0.25, -0.2) is 4.79 Å². The monoisotopic (exact) mass is 336 g/mol. The Morgan fingerprint density at radius 3 is 2.71 bits per heavy atom. The lowest BCUT2D eigenvalue weighted by Crippen LogP contribution is -2.49. The van der Waals surface area contributed by atoms with Gasteiger partial charge in [-0.05, 0) is 43.9 Å². The van der Waals surface area contributed by atoms with Crippen LogP contribution in [0.25, 0.3) is 0 Å².